The van der Waals surface area contributed by atoms with Crippen molar-refractivity contribution in [2.24, 2.45) is 0 Å². The third-order valence-electron chi connectivity index (χ3n) is 3.81. The molecule has 0 saturated carbocycles. The average molecular weight is 409 g/mol. The van der Waals surface area contributed by atoms with Crippen molar-refractivity contribution in [3.8, 4) is 17.5 Å². The molecule has 0 atom stereocenters. The zero-order valence-electron chi connectivity index (χ0n) is 15.5. The molecule has 0 aliphatic heterocycles. The molecule has 0 bridgehead atoms. The maximum absolute atomic E-state index is 12.2. The minimum Gasteiger partial charge on any atom is -0.411 e. The summed E-state index contributed by atoms with van der Waals surface area (Å²) in [5.74, 6) is -0.0792. The highest BCUT2D eigenvalue weighted by atomic mass is 32.2. The van der Waals surface area contributed by atoms with Crippen molar-refractivity contribution >= 4 is 29.0 Å². The highest BCUT2D eigenvalue weighted by Gasteiger charge is 2.15. The summed E-state index contributed by atoms with van der Waals surface area (Å²) in [6.45, 7) is 3.95. The van der Waals surface area contributed by atoms with Gasteiger partial charge in [-0.15, -0.1) is 10.2 Å². The maximum Gasteiger partial charge on any atom is 0.277 e. The Hall–Kier alpha value is -3.71. The van der Waals surface area contributed by atoms with Gasteiger partial charge in [0.05, 0.1) is 21.9 Å². The number of anilines is 1. The van der Waals surface area contributed by atoms with Crippen LogP contribution < -0.4 is 5.32 Å². The van der Waals surface area contributed by atoms with Crippen LogP contribution >= 0.6 is 11.8 Å². The Labute approximate surface area is 169 Å². The molecule has 0 unspecified atom stereocenters. The van der Waals surface area contributed by atoms with Crippen molar-refractivity contribution in [3.05, 3.63) is 63.2 Å². The number of amides is 1. The smallest absolute Gasteiger partial charge is 0.277 e. The van der Waals surface area contributed by atoms with Gasteiger partial charge in [-0.1, -0.05) is 29.0 Å². The molecule has 0 radical (unpaired) electrons. The lowest BCUT2D eigenvalue weighted by Gasteiger charge is -2.05. The number of thioether (sulfide) groups is 1. The fraction of sp³-hybridized carbons (Fsp3) is 0.158. The van der Waals surface area contributed by atoms with Crippen LogP contribution in [-0.2, 0) is 4.79 Å². The van der Waals surface area contributed by atoms with Gasteiger partial charge in [-0.3, -0.25) is 14.9 Å². The molecule has 2 aromatic carbocycles. The fourth-order valence-electron chi connectivity index (χ4n) is 2.64. The Balaban J connectivity index is 1.64. The first-order valence-electron chi connectivity index (χ1n) is 8.39. The first-order valence-corrected chi connectivity index (χ1v) is 9.37. The number of non-ortho nitro benzene ring substituents is 1. The van der Waals surface area contributed by atoms with Crippen LogP contribution in [0.5, 0.6) is 0 Å². The number of carbonyl (C=O) groups is 1. The summed E-state index contributed by atoms with van der Waals surface area (Å²) in [5, 5.41) is 30.7. The summed E-state index contributed by atoms with van der Waals surface area (Å²) in [4.78, 5) is 22.4. The van der Waals surface area contributed by atoms with E-state index >= 15 is 0 Å². The highest BCUT2D eigenvalue weighted by Crippen LogP contribution is 2.26. The molecule has 3 aromatic rings. The number of rotatable bonds is 6. The van der Waals surface area contributed by atoms with Gasteiger partial charge < -0.3 is 9.73 Å². The Morgan fingerprint density at radius 3 is 2.62 bits per heavy atom. The molecule has 0 fully saturated rings. The van der Waals surface area contributed by atoms with Gasteiger partial charge >= 0.3 is 0 Å². The number of benzene rings is 2. The van der Waals surface area contributed by atoms with Gasteiger partial charge in [0.2, 0.25) is 11.8 Å². The summed E-state index contributed by atoms with van der Waals surface area (Å²) in [6, 6.07) is 11.4. The first kappa shape index (κ1) is 20.0. The van der Waals surface area contributed by atoms with E-state index < -0.39 is 10.8 Å². The van der Waals surface area contributed by atoms with Crippen molar-refractivity contribution in [1.82, 2.24) is 10.2 Å². The third kappa shape index (κ3) is 4.97. The molecular weight excluding hydrogens is 394 g/mol. The van der Waals surface area contributed by atoms with E-state index in [0.29, 0.717) is 5.89 Å². The van der Waals surface area contributed by atoms with E-state index in [1.54, 1.807) is 0 Å². The Morgan fingerprint density at radius 1 is 1.24 bits per heavy atom. The van der Waals surface area contributed by atoms with E-state index in [-0.39, 0.29) is 27.9 Å². The Kier molecular flexibility index (Phi) is 5.90. The molecule has 146 valence electrons. The number of nitro groups is 1. The van der Waals surface area contributed by atoms with E-state index in [2.05, 4.69) is 15.5 Å². The van der Waals surface area contributed by atoms with Crippen molar-refractivity contribution < 1.29 is 14.1 Å². The molecule has 9 nitrogen and oxygen atoms in total. The Morgan fingerprint density at radius 2 is 1.97 bits per heavy atom. The van der Waals surface area contributed by atoms with E-state index in [4.69, 9.17) is 9.68 Å². The van der Waals surface area contributed by atoms with Crippen molar-refractivity contribution in [2.75, 3.05) is 11.1 Å². The van der Waals surface area contributed by atoms with Crippen LogP contribution in [-0.4, -0.2) is 26.8 Å². The molecule has 0 spiro atoms. The lowest BCUT2D eigenvalue weighted by atomic mass is 10.1. The quantitative estimate of drug-likeness (QED) is 0.368. The zero-order chi connectivity index (χ0) is 21.0. The summed E-state index contributed by atoms with van der Waals surface area (Å²) >= 11 is 1.05. The highest BCUT2D eigenvalue weighted by molar-refractivity contribution is 7.99. The standard InChI is InChI=1S/C19H15N5O4S/c1-11-5-12(2)7-13(6-11)18-22-23-19(28-18)29-10-17(25)21-16-4-3-15(24(26)27)8-14(16)9-20/h3-8H,10H2,1-2H3,(H,21,25). The van der Waals surface area contributed by atoms with Gasteiger partial charge in [0.1, 0.15) is 6.07 Å². The van der Waals surface area contributed by atoms with Crippen LogP contribution in [0.15, 0.2) is 46.0 Å². The molecule has 1 amide bonds. The van der Waals surface area contributed by atoms with Crippen LogP contribution in [0.2, 0.25) is 0 Å². The molecule has 0 aliphatic rings. The minimum atomic E-state index is -0.606. The first-order chi connectivity index (χ1) is 13.9. The summed E-state index contributed by atoms with van der Waals surface area (Å²) in [5.41, 5.74) is 2.93. The molecular formula is C19H15N5O4S. The van der Waals surface area contributed by atoms with E-state index in [0.717, 1.165) is 34.5 Å². The van der Waals surface area contributed by atoms with E-state index in [1.807, 2.05) is 38.1 Å². The lowest BCUT2D eigenvalue weighted by Crippen LogP contribution is -2.15. The van der Waals surface area contributed by atoms with Gasteiger partial charge in [-0.25, -0.2) is 0 Å². The molecule has 1 aromatic heterocycles. The zero-order valence-corrected chi connectivity index (χ0v) is 16.3. The SMILES string of the molecule is Cc1cc(C)cc(-c2nnc(SCC(=O)Nc3ccc([N+](=O)[O-])cc3C#N)o2)c1. The molecule has 0 aliphatic carbocycles. The molecule has 1 heterocycles. The maximum atomic E-state index is 12.2. The van der Waals surface area contributed by atoms with Gasteiger partial charge in [0.25, 0.3) is 10.9 Å². The molecule has 3 rings (SSSR count). The molecule has 1 N–H and O–H groups in total. The number of nitriles is 1. The molecule has 0 saturated heterocycles. The van der Waals surface area contributed by atoms with Crippen LogP contribution in [0.1, 0.15) is 16.7 Å². The fourth-order valence-corrected chi connectivity index (χ4v) is 3.21. The third-order valence-corrected chi connectivity index (χ3v) is 4.63. The van der Waals surface area contributed by atoms with E-state index in [1.165, 1.54) is 12.1 Å². The topological polar surface area (TPSA) is 135 Å². The van der Waals surface area contributed by atoms with Gasteiger partial charge in [0.15, 0.2) is 0 Å². The Bertz CT molecular complexity index is 1120. The van der Waals surface area contributed by atoms with Crippen LogP contribution in [0.25, 0.3) is 11.5 Å². The number of carbonyl (C=O) groups excluding carboxylic acids is 1. The minimum absolute atomic E-state index is 0.00689. The van der Waals surface area contributed by atoms with Crippen molar-refractivity contribution in [3.63, 3.8) is 0 Å². The second-order valence-electron chi connectivity index (χ2n) is 6.19. The average Bonchev–Trinajstić information content (AvgIpc) is 3.15. The number of aromatic nitrogens is 2. The number of nitrogens with one attached hydrogen (secondary N) is 1. The van der Waals surface area contributed by atoms with Gasteiger partial charge in [-0.05, 0) is 32.0 Å². The van der Waals surface area contributed by atoms with Crippen molar-refractivity contribution in [1.29, 1.82) is 5.26 Å². The number of hydrogen-bond acceptors (Lipinski definition) is 8. The number of nitro benzene ring substituents is 1. The number of nitrogens with zero attached hydrogens (tertiary/aromatic N) is 4. The van der Waals surface area contributed by atoms with Crippen molar-refractivity contribution in [2.45, 2.75) is 19.1 Å². The van der Waals surface area contributed by atoms with Gasteiger partial charge in [0, 0.05) is 17.7 Å². The van der Waals surface area contributed by atoms with E-state index in [9.17, 15) is 14.9 Å². The van der Waals surface area contributed by atoms with Crippen LogP contribution in [0.3, 0.4) is 0 Å². The normalized spacial score (nSPS) is 10.4. The molecule has 10 heteroatoms. The largest absolute Gasteiger partial charge is 0.411 e. The molecule has 29 heavy (non-hydrogen) atoms. The second-order valence-corrected chi connectivity index (χ2v) is 7.11. The summed E-state index contributed by atoms with van der Waals surface area (Å²) in [7, 11) is 0. The lowest BCUT2D eigenvalue weighted by molar-refractivity contribution is -0.384. The van der Waals surface area contributed by atoms with Gasteiger partial charge in [-0.2, -0.15) is 5.26 Å². The monoisotopic (exact) mass is 409 g/mol. The predicted octanol–water partition coefficient (Wildman–Crippen LogP) is 3.86. The second kappa shape index (κ2) is 8.53. The summed E-state index contributed by atoms with van der Waals surface area (Å²) < 4.78 is 5.60. The van der Waals surface area contributed by atoms with Crippen LogP contribution in [0, 0.1) is 35.3 Å². The number of hydrogen-bond donors (Lipinski definition) is 1. The number of aryl methyl sites for hydroxylation is 2. The van der Waals surface area contributed by atoms with Crippen LogP contribution in [0.4, 0.5) is 11.4 Å². The summed E-state index contributed by atoms with van der Waals surface area (Å²) in [6.07, 6.45) is 0. The predicted molar refractivity (Wildman–Crippen MR) is 106 cm³/mol.